The van der Waals surface area contributed by atoms with Gasteiger partial charge in [-0.25, -0.2) is 15.0 Å². The first-order valence-corrected chi connectivity index (χ1v) is 6.78. The fourth-order valence-electron chi connectivity index (χ4n) is 2.59. The fraction of sp³-hybridized carbons (Fsp3) is 0.429. The van der Waals surface area contributed by atoms with Crippen LogP contribution in [0.15, 0.2) is 29.5 Å². The molecule has 2 aromatic rings. The number of nitrogens with zero attached hydrogens (tertiary/aromatic N) is 5. The van der Waals surface area contributed by atoms with E-state index < -0.39 is 0 Å². The minimum Gasteiger partial charge on any atom is -0.339 e. The Hall–Kier alpha value is -2.24. The maximum Gasteiger partial charge on any atom is 0.255 e. The van der Waals surface area contributed by atoms with Crippen molar-refractivity contribution in [3.05, 3.63) is 35.0 Å². The van der Waals surface area contributed by atoms with Gasteiger partial charge in [0.15, 0.2) is 0 Å². The zero-order valence-corrected chi connectivity index (χ0v) is 11.7. The molecular formula is C14H17N5O. The van der Waals surface area contributed by atoms with Crippen LogP contribution in [0.5, 0.6) is 0 Å². The maximum atomic E-state index is 12.2. The summed E-state index contributed by atoms with van der Waals surface area (Å²) >= 11 is 0. The van der Waals surface area contributed by atoms with E-state index in [-0.39, 0.29) is 5.56 Å². The molecule has 1 saturated heterocycles. The van der Waals surface area contributed by atoms with Gasteiger partial charge in [-0.05, 0) is 25.8 Å². The van der Waals surface area contributed by atoms with Crippen LogP contribution in [0.2, 0.25) is 0 Å². The molecule has 0 spiro atoms. The predicted molar refractivity (Wildman–Crippen MR) is 76.5 cm³/mol. The van der Waals surface area contributed by atoms with Gasteiger partial charge in [-0.15, -0.1) is 0 Å². The second kappa shape index (κ2) is 5.03. The summed E-state index contributed by atoms with van der Waals surface area (Å²) in [7, 11) is 1.76. The molecule has 1 unspecified atom stereocenters. The number of hydrogen-bond acceptors (Lipinski definition) is 5. The first-order chi connectivity index (χ1) is 9.66. The summed E-state index contributed by atoms with van der Waals surface area (Å²) in [6, 6.07) is 3.69. The molecule has 0 aliphatic carbocycles. The van der Waals surface area contributed by atoms with Gasteiger partial charge in [0.25, 0.3) is 5.56 Å². The number of rotatable bonds is 2. The summed E-state index contributed by atoms with van der Waals surface area (Å²) < 4.78 is 1.60. The highest BCUT2D eigenvalue weighted by molar-refractivity contribution is 5.55. The van der Waals surface area contributed by atoms with E-state index in [0.29, 0.717) is 17.4 Å². The Morgan fingerprint density at radius 2 is 2.20 bits per heavy atom. The Bertz CT molecular complexity index is 667. The zero-order valence-electron chi connectivity index (χ0n) is 11.7. The molecule has 20 heavy (non-hydrogen) atoms. The normalized spacial score (nSPS) is 18.5. The SMILES string of the molecule is CC1CCCN1c1nc(-c2ccncn2)cc(=O)n1C. The van der Waals surface area contributed by atoms with Crippen molar-refractivity contribution < 1.29 is 0 Å². The lowest BCUT2D eigenvalue weighted by atomic mass is 10.2. The van der Waals surface area contributed by atoms with Crippen LogP contribution in [0, 0.1) is 0 Å². The predicted octanol–water partition coefficient (Wildman–Crippen LogP) is 1.23. The van der Waals surface area contributed by atoms with Crippen LogP contribution in [-0.2, 0) is 7.05 Å². The van der Waals surface area contributed by atoms with Gasteiger partial charge in [-0.2, -0.15) is 0 Å². The summed E-state index contributed by atoms with van der Waals surface area (Å²) in [5.41, 5.74) is 1.21. The van der Waals surface area contributed by atoms with E-state index in [2.05, 4.69) is 26.8 Å². The van der Waals surface area contributed by atoms with Crippen molar-refractivity contribution in [2.24, 2.45) is 7.05 Å². The van der Waals surface area contributed by atoms with E-state index in [1.165, 1.54) is 12.4 Å². The van der Waals surface area contributed by atoms with Crippen LogP contribution in [0.4, 0.5) is 5.95 Å². The Morgan fingerprint density at radius 1 is 1.35 bits per heavy atom. The summed E-state index contributed by atoms with van der Waals surface area (Å²) in [4.78, 5) is 27.0. The van der Waals surface area contributed by atoms with Gasteiger partial charge < -0.3 is 4.90 Å². The van der Waals surface area contributed by atoms with Gasteiger partial charge in [0.2, 0.25) is 5.95 Å². The van der Waals surface area contributed by atoms with Crippen molar-refractivity contribution in [1.82, 2.24) is 19.5 Å². The summed E-state index contributed by atoms with van der Waals surface area (Å²) in [5.74, 6) is 0.719. The monoisotopic (exact) mass is 271 g/mol. The lowest BCUT2D eigenvalue weighted by Crippen LogP contribution is -2.33. The third-order valence-corrected chi connectivity index (χ3v) is 3.77. The van der Waals surface area contributed by atoms with Crippen molar-refractivity contribution in [2.45, 2.75) is 25.8 Å². The minimum atomic E-state index is -0.0669. The van der Waals surface area contributed by atoms with E-state index in [4.69, 9.17) is 0 Å². The van der Waals surface area contributed by atoms with Crippen LogP contribution >= 0.6 is 0 Å². The van der Waals surface area contributed by atoms with Gasteiger partial charge in [0, 0.05) is 31.9 Å². The molecule has 2 aromatic heterocycles. The van der Waals surface area contributed by atoms with Gasteiger partial charge >= 0.3 is 0 Å². The molecule has 0 N–H and O–H groups in total. The standard InChI is InChI=1S/C14H17N5O/c1-10-4-3-7-19(10)14-17-12(8-13(20)18(14)2)11-5-6-15-9-16-11/h5-6,8-10H,3-4,7H2,1-2H3. The molecule has 6 nitrogen and oxygen atoms in total. The molecule has 3 rings (SSSR count). The van der Waals surface area contributed by atoms with Crippen molar-refractivity contribution in [2.75, 3.05) is 11.4 Å². The Morgan fingerprint density at radius 3 is 2.85 bits per heavy atom. The van der Waals surface area contributed by atoms with E-state index in [0.717, 1.165) is 25.3 Å². The number of anilines is 1. The molecule has 3 heterocycles. The van der Waals surface area contributed by atoms with Crippen LogP contribution < -0.4 is 10.5 Å². The first-order valence-electron chi connectivity index (χ1n) is 6.78. The average Bonchev–Trinajstić information content (AvgIpc) is 2.89. The highest BCUT2D eigenvalue weighted by Crippen LogP contribution is 2.24. The van der Waals surface area contributed by atoms with E-state index in [1.807, 2.05) is 0 Å². The van der Waals surface area contributed by atoms with E-state index in [9.17, 15) is 4.79 Å². The molecule has 1 fully saturated rings. The van der Waals surface area contributed by atoms with Crippen molar-refractivity contribution >= 4 is 5.95 Å². The van der Waals surface area contributed by atoms with Crippen LogP contribution in [0.1, 0.15) is 19.8 Å². The van der Waals surface area contributed by atoms with Gasteiger partial charge in [0.1, 0.15) is 6.33 Å². The van der Waals surface area contributed by atoms with Gasteiger partial charge in [0.05, 0.1) is 11.4 Å². The third-order valence-electron chi connectivity index (χ3n) is 3.77. The molecular weight excluding hydrogens is 254 g/mol. The van der Waals surface area contributed by atoms with Crippen LogP contribution in [0.25, 0.3) is 11.4 Å². The molecule has 0 amide bonds. The largest absolute Gasteiger partial charge is 0.339 e. The molecule has 0 bridgehead atoms. The van der Waals surface area contributed by atoms with Gasteiger partial charge in [-0.3, -0.25) is 9.36 Å². The molecule has 0 aromatic carbocycles. The lowest BCUT2D eigenvalue weighted by Gasteiger charge is -2.24. The van der Waals surface area contributed by atoms with Crippen LogP contribution in [0.3, 0.4) is 0 Å². The van der Waals surface area contributed by atoms with E-state index >= 15 is 0 Å². The highest BCUT2D eigenvalue weighted by Gasteiger charge is 2.24. The number of aromatic nitrogens is 4. The molecule has 1 aliphatic heterocycles. The fourth-order valence-corrected chi connectivity index (χ4v) is 2.59. The summed E-state index contributed by atoms with van der Waals surface area (Å²) in [6.07, 6.45) is 5.38. The molecule has 0 radical (unpaired) electrons. The Labute approximate surface area is 117 Å². The second-order valence-corrected chi connectivity index (χ2v) is 5.12. The highest BCUT2D eigenvalue weighted by atomic mass is 16.1. The van der Waals surface area contributed by atoms with Gasteiger partial charge in [-0.1, -0.05) is 0 Å². The van der Waals surface area contributed by atoms with Crippen molar-refractivity contribution in [1.29, 1.82) is 0 Å². The molecule has 6 heteroatoms. The molecule has 1 atom stereocenters. The molecule has 104 valence electrons. The Balaban J connectivity index is 2.11. The first kappa shape index (κ1) is 12.8. The Kier molecular flexibility index (Phi) is 3.22. The summed E-state index contributed by atoms with van der Waals surface area (Å²) in [6.45, 7) is 3.10. The van der Waals surface area contributed by atoms with Crippen LogP contribution in [-0.4, -0.2) is 32.1 Å². The van der Waals surface area contributed by atoms with E-state index in [1.54, 1.807) is 23.9 Å². The summed E-state index contributed by atoms with van der Waals surface area (Å²) in [5, 5.41) is 0. The quantitative estimate of drug-likeness (QED) is 0.822. The molecule has 0 saturated carbocycles. The third kappa shape index (κ3) is 2.17. The maximum absolute atomic E-state index is 12.2. The van der Waals surface area contributed by atoms with Crippen molar-refractivity contribution in [3.63, 3.8) is 0 Å². The lowest BCUT2D eigenvalue weighted by molar-refractivity contribution is 0.682. The number of hydrogen-bond donors (Lipinski definition) is 0. The minimum absolute atomic E-state index is 0.0669. The zero-order chi connectivity index (χ0) is 14.1. The average molecular weight is 271 g/mol. The smallest absolute Gasteiger partial charge is 0.255 e. The molecule has 1 aliphatic rings. The topological polar surface area (TPSA) is 63.9 Å². The van der Waals surface area contributed by atoms with Crippen molar-refractivity contribution in [3.8, 4) is 11.4 Å². The second-order valence-electron chi connectivity index (χ2n) is 5.12.